The molecule has 0 aliphatic heterocycles. The third-order valence-electron chi connectivity index (χ3n) is 4.27. The minimum atomic E-state index is 0.801. The summed E-state index contributed by atoms with van der Waals surface area (Å²) in [7, 11) is 0. The summed E-state index contributed by atoms with van der Waals surface area (Å²) >= 11 is 0. The van der Waals surface area contributed by atoms with Crippen molar-refractivity contribution in [1.82, 2.24) is 4.90 Å². The van der Waals surface area contributed by atoms with E-state index in [1.54, 1.807) is 0 Å². The first-order valence-electron chi connectivity index (χ1n) is 6.29. The average Bonchev–Trinajstić information content (AvgIpc) is 2.07. The van der Waals surface area contributed by atoms with E-state index in [1.807, 2.05) is 0 Å². The highest BCUT2D eigenvalue weighted by Crippen LogP contribution is 2.34. The van der Waals surface area contributed by atoms with Gasteiger partial charge in [0.2, 0.25) is 0 Å². The van der Waals surface area contributed by atoms with E-state index in [1.165, 1.54) is 45.2 Å². The van der Waals surface area contributed by atoms with E-state index < -0.39 is 0 Å². The predicted molar refractivity (Wildman–Crippen MR) is 60.2 cm³/mol. The van der Waals surface area contributed by atoms with Crippen LogP contribution in [-0.2, 0) is 0 Å². The van der Waals surface area contributed by atoms with Gasteiger partial charge in [0.15, 0.2) is 0 Å². The number of hydrogen-bond donors (Lipinski definition) is 1. The molecule has 2 aliphatic carbocycles. The molecule has 0 bridgehead atoms. The molecule has 2 atom stereocenters. The standard InChI is InChI=1S/C12H24N2/c1-2-14(9-10-4-3-5-10)12-7-6-11(12)8-13/h10-12H,2-9,13H2,1H3. The Kier molecular flexibility index (Phi) is 3.45. The molecule has 2 heteroatoms. The molecule has 0 amide bonds. The van der Waals surface area contributed by atoms with Crippen molar-refractivity contribution in [3.8, 4) is 0 Å². The molecule has 0 radical (unpaired) electrons. The van der Waals surface area contributed by atoms with E-state index in [9.17, 15) is 0 Å². The molecule has 0 aromatic heterocycles. The van der Waals surface area contributed by atoms with E-state index in [0.717, 1.165) is 24.4 Å². The van der Waals surface area contributed by atoms with Crippen molar-refractivity contribution < 1.29 is 0 Å². The van der Waals surface area contributed by atoms with Gasteiger partial charge in [-0.15, -0.1) is 0 Å². The van der Waals surface area contributed by atoms with Crippen molar-refractivity contribution in [2.24, 2.45) is 17.6 Å². The Balaban J connectivity index is 1.79. The molecular weight excluding hydrogens is 172 g/mol. The molecule has 0 aromatic rings. The fraction of sp³-hybridized carbons (Fsp3) is 1.00. The smallest absolute Gasteiger partial charge is 0.0136 e. The van der Waals surface area contributed by atoms with Gasteiger partial charge in [-0.25, -0.2) is 0 Å². The lowest BCUT2D eigenvalue weighted by molar-refractivity contribution is 0.0452. The number of nitrogens with zero attached hydrogens (tertiary/aromatic N) is 1. The number of nitrogens with two attached hydrogens (primary N) is 1. The van der Waals surface area contributed by atoms with Gasteiger partial charge in [0.1, 0.15) is 0 Å². The van der Waals surface area contributed by atoms with Crippen LogP contribution < -0.4 is 5.73 Å². The summed E-state index contributed by atoms with van der Waals surface area (Å²) in [6, 6.07) is 0.825. The summed E-state index contributed by atoms with van der Waals surface area (Å²) in [6.45, 7) is 5.76. The monoisotopic (exact) mass is 196 g/mol. The van der Waals surface area contributed by atoms with Crippen LogP contribution in [0.3, 0.4) is 0 Å². The quantitative estimate of drug-likeness (QED) is 0.727. The van der Waals surface area contributed by atoms with Crippen molar-refractivity contribution >= 4 is 0 Å². The van der Waals surface area contributed by atoms with Crippen LogP contribution in [0.1, 0.15) is 39.0 Å². The van der Waals surface area contributed by atoms with Crippen LogP contribution in [0, 0.1) is 11.8 Å². The van der Waals surface area contributed by atoms with Gasteiger partial charge < -0.3 is 10.6 Å². The van der Waals surface area contributed by atoms with E-state index in [0.29, 0.717) is 0 Å². The summed E-state index contributed by atoms with van der Waals surface area (Å²) < 4.78 is 0. The highest BCUT2D eigenvalue weighted by molar-refractivity contribution is 4.90. The molecule has 14 heavy (non-hydrogen) atoms. The molecule has 2 fully saturated rings. The van der Waals surface area contributed by atoms with Gasteiger partial charge in [0, 0.05) is 12.6 Å². The summed E-state index contributed by atoms with van der Waals surface area (Å²) in [5.74, 6) is 1.81. The zero-order valence-corrected chi connectivity index (χ0v) is 9.41. The second kappa shape index (κ2) is 4.63. The third-order valence-corrected chi connectivity index (χ3v) is 4.27. The van der Waals surface area contributed by atoms with Gasteiger partial charge in [-0.2, -0.15) is 0 Å². The Hall–Kier alpha value is -0.0800. The Morgan fingerprint density at radius 2 is 2.00 bits per heavy atom. The van der Waals surface area contributed by atoms with Gasteiger partial charge in [-0.05, 0) is 50.6 Å². The lowest BCUT2D eigenvalue weighted by Crippen LogP contribution is -2.51. The molecule has 82 valence electrons. The molecule has 2 saturated carbocycles. The highest BCUT2D eigenvalue weighted by atomic mass is 15.2. The zero-order valence-electron chi connectivity index (χ0n) is 9.41. The van der Waals surface area contributed by atoms with Gasteiger partial charge in [0.25, 0.3) is 0 Å². The van der Waals surface area contributed by atoms with Crippen LogP contribution in [0.5, 0.6) is 0 Å². The Labute approximate surface area is 87.8 Å². The average molecular weight is 196 g/mol. The first-order valence-corrected chi connectivity index (χ1v) is 6.29. The molecule has 2 rings (SSSR count). The summed E-state index contributed by atoms with van der Waals surface area (Å²) in [5.41, 5.74) is 5.77. The fourth-order valence-electron chi connectivity index (χ4n) is 2.81. The molecule has 2 unspecified atom stereocenters. The fourth-order valence-corrected chi connectivity index (χ4v) is 2.81. The molecule has 2 N–H and O–H groups in total. The van der Waals surface area contributed by atoms with E-state index in [2.05, 4.69) is 11.8 Å². The maximum Gasteiger partial charge on any atom is 0.0136 e. The minimum absolute atomic E-state index is 0.801. The second-order valence-corrected chi connectivity index (χ2v) is 5.02. The van der Waals surface area contributed by atoms with E-state index in [4.69, 9.17) is 5.73 Å². The maximum absolute atomic E-state index is 5.77. The normalized spacial score (nSPS) is 32.8. The highest BCUT2D eigenvalue weighted by Gasteiger charge is 2.35. The van der Waals surface area contributed by atoms with Crippen LogP contribution in [0.4, 0.5) is 0 Å². The van der Waals surface area contributed by atoms with Crippen molar-refractivity contribution in [3.05, 3.63) is 0 Å². The van der Waals surface area contributed by atoms with Crippen LogP contribution in [0.2, 0.25) is 0 Å². The van der Waals surface area contributed by atoms with Crippen molar-refractivity contribution in [3.63, 3.8) is 0 Å². The van der Waals surface area contributed by atoms with Crippen LogP contribution >= 0.6 is 0 Å². The first kappa shape index (κ1) is 10.4. The summed E-state index contributed by atoms with van der Waals surface area (Å²) in [6.07, 6.45) is 7.16. The Morgan fingerprint density at radius 1 is 1.21 bits per heavy atom. The van der Waals surface area contributed by atoms with Gasteiger partial charge >= 0.3 is 0 Å². The van der Waals surface area contributed by atoms with Crippen molar-refractivity contribution in [2.45, 2.75) is 45.1 Å². The van der Waals surface area contributed by atoms with Crippen molar-refractivity contribution in [2.75, 3.05) is 19.6 Å². The van der Waals surface area contributed by atoms with E-state index in [-0.39, 0.29) is 0 Å². The van der Waals surface area contributed by atoms with Crippen LogP contribution in [-0.4, -0.2) is 30.6 Å². The van der Waals surface area contributed by atoms with Crippen LogP contribution in [0.25, 0.3) is 0 Å². The van der Waals surface area contributed by atoms with Crippen LogP contribution in [0.15, 0.2) is 0 Å². The maximum atomic E-state index is 5.77. The predicted octanol–water partition coefficient (Wildman–Crippen LogP) is 1.85. The first-order chi connectivity index (χ1) is 6.85. The molecule has 2 nitrogen and oxygen atoms in total. The summed E-state index contributed by atoms with van der Waals surface area (Å²) in [4.78, 5) is 2.69. The SMILES string of the molecule is CCN(CC1CCC1)C1CCC1CN. The molecule has 0 aromatic carbocycles. The molecule has 0 saturated heterocycles. The van der Waals surface area contributed by atoms with Gasteiger partial charge in [0.05, 0.1) is 0 Å². The second-order valence-electron chi connectivity index (χ2n) is 5.02. The molecule has 0 spiro atoms. The molecule has 2 aliphatic rings. The third kappa shape index (κ3) is 1.96. The Morgan fingerprint density at radius 3 is 2.36 bits per heavy atom. The summed E-state index contributed by atoms with van der Waals surface area (Å²) in [5, 5.41) is 0. The number of rotatable bonds is 5. The topological polar surface area (TPSA) is 29.3 Å². The van der Waals surface area contributed by atoms with Crippen molar-refractivity contribution in [1.29, 1.82) is 0 Å². The Bertz CT molecular complexity index is 175. The lowest BCUT2D eigenvalue weighted by Gasteiger charge is -2.46. The van der Waals surface area contributed by atoms with E-state index >= 15 is 0 Å². The molecular formula is C12H24N2. The lowest BCUT2D eigenvalue weighted by atomic mass is 9.77. The largest absolute Gasteiger partial charge is 0.330 e. The number of hydrogen-bond acceptors (Lipinski definition) is 2. The van der Waals surface area contributed by atoms with Gasteiger partial charge in [-0.1, -0.05) is 13.3 Å². The zero-order chi connectivity index (χ0) is 9.97. The molecule has 0 heterocycles. The minimum Gasteiger partial charge on any atom is -0.330 e. The van der Waals surface area contributed by atoms with Gasteiger partial charge in [-0.3, -0.25) is 0 Å².